The van der Waals surface area contributed by atoms with Gasteiger partial charge in [0.05, 0.1) is 6.04 Å². The minimum absolute atomic E-state index is 0.180. The Balaban J connectivity index is 2.12. The van der Waals surface area contributed by atoms with E-state index in [4.69, 9.17) is 0 Å². The maximum absolute atomic E-state index is 12.4. The van der Waals surface area contributed by atoms with Crippen LogP contribution in [-0.4, -0.2) is 29.6 Å². The van der Waals surface area contributed by atoms with Gasteiger partial charge in [-0.2, -0.15) is 0 Å². The van der Waals surface area contributed by atoms with E-state index in [0.717, 1.165) is 5.56 Å². The van der Waals surface area contributed by atoms with Crippen LogP contribution in [0.2, 0.25) is 0 Å². The largest absolute Gasteiger partial charge is 0.335 e. The predicted molar refractivity (Wildman–Crippen MR) is 65.7 cm³/mol. The Labute approximate surface area is 110 Å². The minimum Gasteiger partial charge on any atom is -0.335 e. The van der Waals surface area contributed by atoms with Crippen molar-refractivity contribution < 1.29 is 18.4 Å². The fourth-order valence-electron chi connectivity index (χ4n) is 2.41. The van der Waals surface area contributed by atoms with Crippen molar-refractivity contribution in [1.82, 2.24) is 4.90 Å². The maximum atomic E-state index is 12.4. The summed E-state index contributed by atoms with van der Waals surface area (Å²) < 4.78 is 24.8. The molecule has 0 bridgehead atoms. The Morgan fingerprint density at radius 1 is 1.32 bits per heavy atom. The molecule has 1 aliphatic heterocycles. The Hall–Kier alpha value is -1.78. The van der Waals surface area contributed by atoms with Crippen LogP contribution in [-0.2, 0) is 9.59 Å². The summed E-state index contributed by atoms with van der Waals surface area (Å²) in [6.45, 7) is 2.18. The van der Waals surface area contributed by atoms with Crippen molar-refractivity contribution in [3.63, 3.8) is 0 Å². The molecule has 1 fully saturated rings. The molecule has 19 heavy (non-hydrogen) atoms. The smallest absolute Gasteiger partial charge is 0.296 e. The Morgan fingerprint density at radius 2 is 1.95 bits per heavy atom. The molecule has 1 amide bonds. The SMILES string of the molecule is C[C@H](c1ccccc1)N1CCC(C(=O)C(F)F)C1=O. The number of likely N-dealkylation sites (tertiary alicyclic amines) is 1. The number of nitrogens with zero attached hydrogens (tertiary/aromatic N) is 1. The van der Waals surface area contributed by atoms with E-state index in [0.29, 0.717) is 6.54 Å². The van der Waals surface area contributed by atoms with E-state index >= 15 is 0 Å². The first kappa shape index (κ1) is 13.6. The summed E-state index contributed by atoms with van der Waals surface area (Å²) in [7, 11) is 0. The number of hydrogen-bond donors (Lipinski definition) is 0. The van der Waals surface area contributed by atoms with Gasteiger partial charge in [-0.25, -0.2) is 8.78 Å². The van der Waals surface area contributed by atoms with Crippen LogP contribution in [0.15, 0.2) is 30.3 Å². The number of rotatable bonds is 4. The molecule has 0 radical (unpaired) electrons. The molecule has 0 N–H and O–H groups in total. The van der Waals surface area contributed by atoms with Crippen molar-refractivity contribution in [3.05, 3.63) is 35.9 Å². The molecule has 1 aromatic carbocycles. The first-order valence-corrected chi connectivity index (χ1v) is 6.19. The Kier molecular flexibility index (Phi) is 3.93. The number of benzene rings is 1. The van der Waals surface area contributed by atoms with Gasteiger partial charge >= 0.3 is 0 Å². The quantitative estimate of drug-likeness (QED) is 0.786. The highest BCUT2D eigenvalue weighted by molar-refractivity contribution is 6.04. The molecule has 3 nitrogen and oxygen atoms in total. The number of amides is 1. The highest BCUT2D eigenvalue weighted by atomic mass is 19.3. The van der Waals surface area contributed by atoms with Gasteiger partial charge in [-0.15, -0.1) is 0 Å². The summed E-state index contributed by atoms with van der Waals surface area (Å²) in [4.78, 5) is 24.8. The zero-order valence-corrected chi connectivity index (χ0v) is 10.6. The van der Waals surface area contributed by atoms with Gasteiger partial charge in [-0.3, -0.25) is 9.59 Å². The van der Waals surface area contributed by atoms with Gasteiger partial charge < -0.3 is 4.90 Å². The molecule has 102 valence electrons. The number of halogens is 2. The van der Waals surface area contributed by atoms with Crippen LogP contribution < -0.4 is 0 Å². The molecular formula is C14H15F2NO2. The van der Waals surface area contributed by atoms with Crippen LogP contribution in [0.3, 0.4) is 0 Å². The van der Waals surface area contributed by atoms with E-state index < -0.39 is 24.0 Å². The summed E-state index contributed by atoms with van der Waals surface area (Å²) in [6, 6.07) is 9.12. The molecule has 1 aromatic rings. The van der Waals surface area contributed by atoms with Gasteiger partial charge in [0, 0.05) is 6.54 Å². The zero-order valence-electron chi connectivity index (χ0n) is 10.6. The monoisotopic (exact) mass is 267 g/mol. The third kappa shape index (κ3) is 2.64. The summed E-state index contributed by atoms with van der Waals surface area (Å²) in [5.41, 5.74) is 0.931. The van der Waals surface area contributed by atoms with Gasteiger partial charge in [0.1, 0.15) is 5.92 Å². The number of carbonyl (C=O) groups excluding carboxylic acids is 2. The van der Waals surface area contributed by atoms with Crippen LogP contribution >= 0.6 is 0 Å². The zero-order chi connectivity index (χ0) is 14.0. The molecule has 0 saturated carbocycles. The number of alkyl halides is 2. The third-order valence-electron chi connectivity index (χ3n) is 3.55. The normalized spacial score (nSPS) is 20.9. The lowest BCUT2D eigenvalue weighted by Crippen LogP contribution is -2.34. The fourth-order valence-corrected chi connectivity index (χ4v) is 2.41. The van der Waals surface area contributed by atoms with E-state index in [1.807, 2.05) is 37.3 Å². The first-order valence-electron chi connectivity index (χ1n) is 6.19. The third-order valence-corrected chi connectivity index (χ3v) is 3.55. The standard InChI is InChI=1S/C14H15F2NO2/c1-9(10-5-3-2-4-6-10)17-8-7-11(14(17)19)12(18)13(15)16/h2-6,9,11,13H,7-8H2,1H3/t9-,11?/m1/s1. The lowest BCUT2D eigenvalue weighted by molar-refractivity contribution is -0.143. The fraction of sp³-hybridized carbons (Fsp3) is 0.429. The molecule has 1 unspecified atom stereocenters. The van der Waals surface area contributed by atoms with Gasteiger partial charge in [0.15, 0.2) is 0 Å². The average molecular weight is 267 g/mol. The topological polar surface area (TPSA) is 37.4 Å². The minimum atomic E-state index is -3.07. The van der Waals surface area contributed by atoms with E-state index in [1.165, 1.54) is 4.90 Å². The molecule has 0 spiro atoms. The second-order valence-electron chi connectivity index (χ2n) is 4.66. The maximum Gasteiger partial charge on any atom is 0.296 e. The lowest BCUT2D eigenvalue weighted by Gasteiger charge is -2.25. The molecule has 1 saturated heterocycles. The van der Waals surface area contributed by atoms with Crippen molar-refractivity contribution >= 4 is 11.7 Å². The van der Waals surface area contributed by atoms with Crippen molar-refractivity contribution in [2.75, 3.05) is 6.54 Å². The van der Waals surface area contributed by atoms with Crippen LogP contribution in [0.5, 0.6) is 0 Å². The highest BCUT2D eigenvalue weighted by Crippen LogP contribution is 2.29. The number of Topliss-reactive ketones (excluding diaryl/α,β-unsaturated/α-hetero) is 1. The van der Waals surface area contributed by atoms with Crippen LogP contribution in [0.1, 0.15) is 24.9 Å². The van der Waals surface area contributed by atoms with Crippen molar-refractivity contribution in [3.8, 4) is 0 Å². The van der Waals surface area contributed by atoms with E-state index in [1.54, 1.807) is 0 Å². The molecule has 0 aromatic heterocycles. The number of ketones is 1. The second kappa shape index (κ2) is 5.47. The van der Waals surface area contributed by atoms with Gasteiger partial charge in [-0.05, 0) is 18.9 Å². The van der Waals surface area contributed by atoms with Crippen molar-refractivity contribution in [2.45, 2.75) is 25.8 Å². The van der Waals surface area contributed by atoms with E-state index in [2.05, 4.69) is 0 Å². The summed E-state index contributed by atoms with van der Waals surface area (Å²) >= 11 is 0. The van der Waals surface area contributed by atoms with Crippen LogP contribution in [0.4, 0.5) is 8.78 Å². The molecular weight excluding hydrogens is 252 g/mol. The summed E-state index contributed by atoms with van der Waals surface area (Å²) in [5, 5.41) is 0. The average Bonchev–Trinajstić information content (AvgIpc) is 2.79. The summed E-state index contributed by atoms with van der Waals surface area (Å²) in [5.74, 6) is -2.92. The highest BCUT2D eigenvalue weighted by Gasteiger charge is 2.41. The lowest BCUT2D eigenvalue weighted by atomic mass is 10.0. The predicted octanol–water partition coefficient (Wildman–Crippen LogP) is 2.43. The first-order chi connectivity index (χ1) is 9.02. The van der Waals surface area contributed by atoms with E-state index in [9.17, 15) is 18.4 Å². The molecule has 1 heterocycles. The van der Waals surface area contributed by atoms with Gasteiger partial charge in [0.25, 0.3) is 6.43 Å². The van der Waals surface area contributed by atoms with Gasteiger partial charge in [-0.1, -0.05) is 30.3 Å². The van der Waals surface area contributed by atoms with Crippen LogP contribution in [0.25, 0.3) is 0 Å². The molecule has 5 heteroatoms. The van der Waals surface area contributed by atoms with Crippen molar-refractivity contribution in [2.24, 2.45) is 5.92 Å². The molecule has 2 atom stereocenters. The Bertz CT molecular complexity index is 476. The van der Waals surface area contributed by atoms with Gasteiger partial charge in [0.2, 0.25) is 11.7 Å². The molecule has 1 aliphatic rings. The second-order valence-corrected chi connectivity index (χ2v) is 4.66. The number of hydrogen-bond acceptors (Lipinski definition) is 2. The molecule has 0 aliphatic carbocycles. The number of carbonyl (C=O) groups is 2. The molecule has 2 rings (SSSR count). The van der Waals surface area contributed by atoms with E-state index in [-0.39, 0.29) is 12.5 Å². The van der Waals surface area contributed by atoms with Crippen LogP contribution in [0, 0.1) is 5.92 Å². The van der Waals surface area contributed by atoms with Crippen molar-refractivity contribution in [1.29, 1.82) is 0 Å². The Morgan fingerprint density at radius 3 is 2.53 bits per heavy atom. The summed E-state index contributed by atoms with van der Waals surface area (Å²) in [6.07, 6.45) is -2.89.